The largest absolute Gasteiger partial charge is 0.496 e. The second kappa shape index (κ2) is 8.99. The van der Waals surface area contributed by atoms with Crippen molar-refractivity contribution in [2.75, 3.05) is 60.2 Å². The monoisotopic (exact) mass is 348 g/mol. The fourth-order valence-corrected chi connectivity index (χ4v) is 3.92. The normalized spacial score (nSPS) is 22.0. The van der Waals surface area contributed by atoms with Gasteiger partial charge >= 0.3 is 0 Å². The van der Waals surface area contributed by atoms with Gasteiger partial charge in [-0.05, 0) is 50.1 Å². The molecule has 2 heterocycles. The summed E-state index contributed by atoms with van der Waals surface area (Å²) in [4.78, 5) is 5.02. The molecule has 1 aromatic carbocycles. The smallest absolute Gasteiger partial charge is 0.124 e. The molecular weight excluding hydrogens is 316 g/mol. The van der Waals surface area contributed by atoms with Crippen LogP contribution in [-0.2, 0) is 22.5 Å². The van der Waals surface area contributed by atoms with Crippen molar-refractivity contribution in [1.82, 2.24) is 9.80 Å². The summed E-state index contributed by atoms with van der Waals surface area (Å²) < 4.78 is 16.7. The van der Waals surface area contributed by atoms with Crippen molar-refractivity contribution in [2.24, 2.45) is 0 Å². The first-order chi connectivity index (χ1) is 12.2. The predicted molar refractivity (Wildman–Crippen MR) is 99.3 cm³/mol. The van der Waals surface area contributed by atoms with E-state index in [9.17, 15) is 0 Å². The quantitative estimate of drug-likeness (QED) is 0.756. The number of methoxy groups -OCH3 is 1. The fraction of sp³-hybridized carbons (Fsp3) is 0.700. The second-order valence-corrected chi connectivity index (χ2v) is 6.99. The molecule has 25 heavy (non-hydrogen) atoms. The molecule has 5 heteroatoms. The number of rotatable bonds is 7. The van der Waals surface area contributed by atoms with Gasteiger partial charge in [0, 0.05) is 44.4 Å². The maximum atomic E-state index is 5.65. The van der Waals surface area contributed by atoms with Crippen molar-refractivity contribution in [3.8, 4) is 5.75 Å². The maximum absolute atomic E-state index is 5.65. The molecule has 2 aliphatic heterocycles. The van der Waals surface area contributed by atoms with Gasteiger partial charge in [-0.3, -0.25) is 9.80 Å². The van der Waals surface area contributed by atoms with E-state index in [2.05, 4.69) is 29.0 Å². The number of hydrogen-bond acceptors (Lipinski definition) is 5. The van der Waals surface area contributed by atoms with Gasteiger partial charge in [-0.1, -0.05) is 0 Å². The Kier molecular flexibility index (Phi) is 6.70. The summed E-state index contributed by atoms with van der Waals surface area (Å²) >= 11 is 0. The Labute approximate surface area is 151 Å². The lowest BCUT2D eigenvalue weighted by molar-refractivity contribution is 0.0333. The number of nitrogens with zero attached hydrogens (tertiary/aromatic N) is 2. The standard InChI is InChI=1S/C20H32N2O3/c1-4-24-15-17-13-18-16(14-20(17)23-3)5-7-21(2)19(18)6-8-22-9-11-25-12-10-22/h13-14,19H,4-12,15H2,1-3H3. The highest BCUT2D eigenvalue weighted by molar-refractivity contribution is 5.45. The second-order valence-electron chi connectivity index (χ2n) is 6.99. The van der Waals surface area contributed by atoms with E-state index in [1.165, 1.54) is 11.1 Å². The Bertz CT molecular complexity index is 558. The van der Waals surface area contributed by atoms with Crippen LogP contribution in [0.25, 0.3) is 0 Å². The molecule has 0 radical (unpaired) electrons. The van der Waals surface area contributed by atoms with E-state index in [4.69, 9.17) is 14.2 Å². The van der Waals surface area contributed by atoms with E-state index in [1.807, 2.05) is 6.92 Å². The van der Waals surface area contributed by atoms with Crippen LogP contribution in [0.1, 0.15) is 36.1 Å². The summed E-state index contributed by atoms with van der Waals surface area (Å²) in [7, 11) is 4.00. The number of fused-ring (bicyclic) bond motifs is 1. The molecule has 5 nitrogen and oxygen atoms in total. The van der Waals surface area contributed by atoms with Crippen molar-refractivity contribution >= 4 is 0 Å². The Morgan fingerprint density at radius 1 is 1.20 bits per heavy atom. The molecule has 1 atom stereocenters. The fourth-order valence-electron chi connectivity index (χ4n) is 3.92. The summed E-state index contributed by atoms with van der Waals surface area (Å²) in [5.74, 6) is 0.962. The van der Waals surface area contributed by atoms with Crippen molar-refractivity contribution < 1.29 is 14.2 Å². The molecule has 0 amide bonds. The SMILES string of the molecule is CCOCc1cc2c(cc1OC)CCN(C)C2CCN1CCOCC1. The lowest BCUT2D eigenvalue weighted by Gasteiger charge is -2.37. The molecule has 2 aliphatic rings. The van der Waals surface area contributed by atoms with Gasteiger partial charge in [-0.25, -0.2) is 0 Å². The molecule has 3 rings (SSSR count). The number of hydrogen-bond donors (Lipinski definition) is 0. The first-order valence-corrected chi connectivity index (χ1v) is 9.50. The van der Waals surface area contributed by atoms with E-state index >= 15 is 0 Å². The molecule has 0 saturated carbocycles. The zero-order valence-electron chi connectivity index (χ0n) is 15.9. The van der Waals surface area contributed by atoms with E-state index in [0.717, 1.165) is 70.2 Å². The number of morpholine rings is 1. The van der Waals surface area contributed by atoms with Gasteiger partial charge in [-0.2, -0.15) is 0 Å². The summed E-state index contributed by atoms with van der Waals surface area (Å²) in [5.41, 5.74) is 4.05. The van der Waals surface area contributed by atoms with Crippen molar-refractivity contribution in [1.29, 1.82) is 0 Å². The Hall–Kier alpha value is -1.14. The minimum atomic E-state index is 0.470. The van der Waals surface area contributed by atoms with Crippen molar-refractivity contribution in [3.05, 3.63) is 28.8 Å². The summed E-state index contributed by atoms with van der Waals surface area (Å²) in [6.45, 7) is 9.46. The summed E-state index contributed by atoms with van der Waals surface area (Å²) in [6, 6.07) is 5.03. The van der Waals surface area contributed by atoms with Gasteiger partial charge < -0.3 is 14.2 Å². The first-order valence-electron chi connectivity index (χ1n) is 9.50. The average Bonchev–Trinajstić information content (AvgIpc) is 2.65. The zero-order chi connectivity index (χ0) is 17.6. The molecule has 0 bridgehead atoms. The van der Waals surface area contributed by atoms with Crippen LogP contribution < -0.4 is 4.74 Å². The van der Waals surface area contributed by atoms with Gasteiger partial charge in [0.25, 0.3) is 0 Å². The molecule has 1 fully saturated rings. The molecule has 1 aromatic rings. The van der Waals surface area contributed by atoms with Crippen molar-refractivity contribution in [3.63, 3.8) is 0 Å². The lowest BCUT2D eigenvalue weighted by Crippen LogP contribution is -2.39. The van der Waals surface area contributed by atoms with E-state index in [-0.39, 0.29) is 0 Å². The molecule has 0 aromatic heterocycles. The van der Waals surface area contributed by atoms with Gasteiger partial charge in [0.2, 0.25) is 0 Å². The highest BCUT2D eigenvalue weighted by Gasteiger charge is 2.27. The number of benzene rings is 1. The van der Waals surface area contributed by atoms with Gasteiger partial charge in [0.05, 0.1) is 26.9 Å². The zero-order valence-corrected chi connectivity index (χ0v) is 15.9. The number of likely N-dealkylation sites (N-methyl/N-ethyl adjacent to an activating group) is 1. The molecule has 0 N–H and O–H groups in total. The van der Waals surface area contributed by atoms with Crippen LogP contribution in [0, 0.1) is 0 Å². The van der Waals surface area contributed by atoms with Crippen LogP contribution >= 0.6 is 0 Å². The molecule has 1 saturated heterocycles. The maximum Gasteiger partial charge on any atom is 0.124 e. The molecule has 0 spiro atoms. The molecule has 140 valence electrons. The molecule has 0 aliphatic carbocycles. The Balaban J connectivity index is 1.77. The topological polar surface area (TPSA) is 34.2 Å². The van der Waals surface area contributed by atoms with Gasteiger partial charge in [-0.15, -0.1) is 0 Å². The van der Waals surface area contributed by atoms with Gasteiger partial charge in [0.15, 0.2) is 0 Å². The Morgan fingerprint density at radius 2 is 2.00 bits per heavy atom. The van der Waals surface area contributed by atoms with Crippen LogP contribution in [0.15, 0.2) is 12.1 Å². The summed E-state index contributed by atoms with van der Waals surface area (Å²) in [5, 5.41) is 0. The van der Waals surface area contributed by atoms with Crippen LogP contribution in [-0.4, -0.2) is 70.0 Å². The highest BCUT2D eigenvalue weighted by Crippen LogP contribution is 2.36. The minimum Gasteiger partial charge on any atom is -0.496 e. The Morgan fingerprint density at radius 3 is 2.72 bits per heavy atom. The highest BCUT2D eigenvalue weighted by atomic mass is 16.5. The van der Waals surface area contributed by atoms with E-state index in [1.54, 1.807) is 7.11 Å². The molecule has 1 unspecified atom stereocenters. The van der Waals surface area contributed by atoms with E-state index < -0.39 is 0 Å². The third kappa shape index (κ3) is 4.53. The van der Waals surface area contributed by atoms with Crippen molar-refractivity contribution in [2.45, 2.75) is 32.4 Å². The van der Waals surface area contributed by atoms with Crippen LogP contribution in [0.2, 0.25) is 0 Å². The average molecular weight is 348 g/mol. The van der Waals surface area contributed by atoms with Crippen LogP contribution in [0.5, 0.6) is 5.75 Å². The minimum absolute atomic E-state index is 0.470. The predicted octanol–water partition coefficient (Wildman–Crippen LogP) is 2.48. The van der Waals surface area contributed by atoms with Crippen LogP contribution in [0.3, 0.4) is 0 Å². The molecular formula is C20H32N2O3. The number of ether oxygens (including phenoxy) is 3. The van der Waals surface area contributed by atoms with Gasteiger partial charge in [0.1, 0.15) is 5.75 Å². The lowest BCUT2D eigenvalue weighted by atomic mass is 9.89. The van der Waals surface area contributed by atoms with E-state index in [0.29, 0.717) is 12.6 Å². The third-order valence-corrected chi connectivity index (χ3v) is 5.45. The van der Waals surface area contributed by atoms with Crippen LogP contribution in [0.4, 0.5) is 0 Å². The summed E-state index contributed by atoms with van der Waals surface area (Å²) in [6.07, 6.45) is 2.25. The third-order valence-electron chi connectivity index (χ3n) is 5.45. The first kappa shape index (κ1) is 18.6.